The highest BCUT2D eigenvalue weighted by molar-refractivity contribution is 14.1. The minimum atomic E-state index is -1.00. The van der Waals surface area contributed by atoms with E-state index in [1.165, 1.54) is 24.3 Å². The van der Waals surface area contributed by atoms with Crippen LogP contribution in [0.4, 0.5) is 16.2 Å². The first-order valence-corrected chi connectivity index (χ1v) is 13.6. The zero-order chi connectivity index (χ0) is 29.1. The number of fused-ring (bicyclic) bond motifs is 1. The number of carbonyl (C=O) groups is 3. The second-order valence-corrected chi connectivity index (χ2v) is 10.1. The Hall–Kier alpha value is -4.78. The van der Waals surface area contributed by atoms with Gasteiger partial charge in [-0.25, -0.2) is 9.69 Å². The number of ether oxygens (including phenoxy) is 2. The molecule has 0 aliphatic carbocycles. The molecular formula is C30H22IN3O7. The molecule has 0 aromatic heterocycles. The number of hydrogen-bond donors (Lipinski definition) is 1. The Morgan fingerprint density at radius 2 is 1.73 bits per heavy atom. The molecule has 0 unspecified atom stereocenters. The topological polar surface area (TPSA) is 128 Å². The summed E-state index contributed by atoms with van der Waals surface area (Å²) in [5.41, 5.74) is 0.798. The van der Waals surface area contributed by atoms with Gasteiger partial charge in [-0.2, -0.15) is 0 Å². The van der Waals surface area contributed by atoms with Crippen molar-refractivity contribution in [3.63, 3.8) is 0 Å². The van der Waals surface area contributed by atoms with E-state index in [9.17, 15) is 24.5 Å². The molecule has 4 aromatic carbocycles. The van der Waals surface area contributed by atoms with E-state index in [0.717, 1.165) is 22.4 Å². The van der Waals surface area contributed by atoms with E-state index in [4.69, 9.17) is 9.47 Å². The number of carbonyl (C=O) groups excluding carboxylic acids is 3. The van der Waals surface area contributed by atoms with Crippen LogP contribution < -0.4 is 19.7 Å². The highest BCUT2D eigenvalue weighted by Crippen LogP contribution is 2.36. The van der Waals surface area contributed by atoms with Gasteiger partial charge in [-0.15, -0.1) is 0 Å². The van der Waals surface area contributed by atoms with Crippen molar-refractivity contribution in [3.8, 4) is 11.5 Å². The Morgan fingerprint density at radius 1 is 0.976 bits per heavy atom. The Kier molecular flexibility index (Phi) is 7.97. The van der Waals surface area contributed by atoms with Crippen molar-refractivity contribution >= 4 is 68.7 Å². The first-order chi connectivity index (χ1) is 19.8. The van der Waals surface area contributed by atoms with Crippen LogP contribution in [0.2, 0.25) is 0 Å². The van der Waals surface area contributed by atoms with Gasteiger partial charge in [0.2, 0.25) is 0 Å². The molecule has 206 valence electrons. The molecule has 1 saturated heterocycles. The van der Waals surface area contributed by atoms with E-state index in [1.54, 1.807) is 12.1 Å². The summed E-state index contributed by atoms with van der Waals surface area (Å²) in [4.78, 5) is 49.8. The van der Waals surface area contributed by atoms with Crippen molar-refractivity contribution in [3.05, 3.63) is 109 Å². The van der Waals surface area contributed by atoms with E-state index in [-0.39, 0.29) is 16.9 Å². The van der Waals surface area contributed by atoms with E-state index in [1.807, 2.05) is 49.4 Å². The minimum absolute atomic E-state index is 0.0399. The highest BCUT2D eigenvalue weighted by Gasteiger charge is 2.37. The van der Waals surface area contributed by atoms with Crippen LogP contribution >= 0.6 is 22.6 Å². The number of hydrogen-bond acceptors (Lipinski definition) is 7. The first kappa shape index (κ1) is 27.8. The second-order valence-electron chi connectivity index (χ2n) is 8.92. The molecule has 1 aliphatic heterocycles. The number of rotatable bonds is 8. The SMILES string of the molecule is CCOc1cc(/C=C2\C(=O)NC(=O)N(c3cccc([N+](=O)[O-])c3)C2=O)cc(I)c1OCc1cccc2ccccc12. The molecule has 4 amide bonds. The molecule has 41 heavy (non-hydrogen) atoms. The highest BCUT2D eigenvalue weighted by atomic mass is 127. The summed E-state index contributed by atoms with van der Waals surface area (Å²) in [7, 11) is 0. The van der Waals surface area contributed by atoms with E-state index in [2.05, 4.69) is 27.9 Å². The average molecular weight is 663 g/mol. The van der Waals surface area contributed by atoms with Gasteiger partial charge in [0.25, 0.3) is 17.5 Å². The lowest BCUT2D eigenvalue weighted by molar-refractivity contribution is -0.384. The molecule has 0 atom stereocenters. The number of nitrogens with zero attached hydrogens (tertiary/aromatic N) is 2. The quantitative estimate of drug-likeness (QED) is 0.0806. The Bertz CT molecular complexity index is 1750. The maximum atomic E-state index is 13.3. The summed E-state index contributed by atoms with van der Waals surface area (Å²) in [5, 5.41) is 15.5. The molecule has 4 aromatic rings. The number of nitrogens with one attached hydrogen (secondary N) is 1. The number of halogens is 1. The Morgan fingerprint density at radius 3 is 2.51 bits per heavy atom. The molecular weight excluding hydrogens is 641 g/mol. The maximum Gasteiger partial charge on any atom is 0.335 e. The third-order valence-corrected chi connectivity index (χ3v) is 7.10. The molecule has 0 bridgehead atoms. The number of barbiturate groups is 1. The number of nitro groups is 1. The van der Waals surface area contributed by atoms with Crippen LogP contribution in [-0.4, -0.2) is 29.4 Å². The van der Waals surface area contributed by atoms with Gasteiger partial charge < -0.3 is 9.47 Å². The number of amides is 4. The molecule has 1 aliphatic rings. The van der Waals surface area contributed by atoms with Crippen LogP contribution in [0.3, 0.4) is 0 Å². The summed E-state index contributed by atoms with van der Waals surface area (Å²) >= 11 is 2.10. The summed E-state index contributed by atoms with van der Waals surface area (Å²) in [6.07, 6.45) is 1.34. The molecule has 1 fully saturated rings. The third-order valence-electron chi connectivity index (χ3n) is 6.30. The molecule has 11 heteroatoms. The number of benzene rings is 4. The number of non-ortho nitro benzene ring substituents is 1. The first-order valence-electron chi connectivity index (χ1n) is 12.5. The van der Waals surface area contributed by atoms with Crippen LogP contribution in [0.5, 0.6) is 11.5 Å². The molecule has 1 N–H and O–H groups in total. The van der Waals surface area contributed by atoms with Crippen LogP contribution in [0.1, 0.15) is 18.1 Å². The smallest absolute Gasteiger partial charge is 0.335 e. The van der Waals surface area contributed by atoms with Crippen LogP contribution in [0, 0.1) is 13.7 Å². The fourth-order valence-corrected chi connectivity index (χ4v) is 5.23. The predicted molar refractivity (Wildman–Crippen MR) is 161 cm³/mol. The Balaban J connectivity index is 1.47. The standard InChI is InChI=1S/C30H22IN3O7/c1-2-40-26-15-18(14-25(31)27(26)41-17-20-9-5-8-19-7-3-4-12-23(19)20)13-24-28(35)32-30(37)33(29(24)36)21-10-6-11-22(16-21)34(38)39/h3-16H,2,17H2,1H3,(H,32,35,37)/b24-13+. The van der Waals surface area contributed by atoms with E-state index >= 15 is 0 Å². The van der Waals surface area contributed by atoms with Gasteiger partial charge in [0.05, 0.1) is 20.8 Å². The second kappa shape index (κ2) is 11.8. The molecule has 10 nitrogen and oxygen atoms in total. The summed E-state index contributed by atoms with van der Waals surface area (Å²) in [6, 6.07) is 21.4. The lowest BCUT2D eigenvalue weighted by Gasteiger charge is -2.26. The molecule has 1 heterocycles. The van der Waals surface area contributed by atoms with E-state index < -0.39 is 22.8 Å². The minimum Gasteiger partial charge on any atom is -0.490 e. The van der Waals surface area contributed by atoms with Crippen LogP contribution in [-0.2, 0) is 16.2 Å². The van der Waals surface area contributed by atoms with Gasteiger partial charge in [0.1, 0.15) is 12.2 Å². The predicted octanol–water partition coefficient (Wildman–Crippen LogP) is 6.00. The van der Waals surface area contributed by atoms with Gasteiger partial charge in [0, 0.05) is 12.1 Å². The van der Waals surface area contributed by atoms with Crippen molar-refractivity contribution in [1.29, 1.82) is 0 Å². The number of nitro benzene ring substituents is 1. The van der Waals surface area contributed by atoms with Gasteiger partial charge in [-0.1, -0.05) is 48.5 Å². The monoisotopic (exact) mass is 663 g/mol. The fraction of sp³-hybridized carbons (Fsp3) is 0.100. The average Bonchev–Trinajstić information content (AvgIpc) is 2.95. The lowest BCUT2D eigenvalue weighted by atomic mass is 10.1. The number of imide groups is 2. The van der Waals surface area contributed by atoms with Gasteiger partial charge in [-0.05, 0) is 75.7 Å². The molecule has 0 saturated carbocycles. The molecule has 5 rings (SSSR count). The maximum absolute atomic E-state index is 13.3. The Labute approximate surface area is 247 Å². The van der Waals surface area contributed by atoms with Gasteiger partial charge in [0.15, 0.2) is 11.5 Å². The van der Waals surface area contributed by atoms with Crippen molar-refractivity contribution in [2.45, 2.75) is 13.5 Å². The third kappa shape index (κ3) is 5.75. The lowest BCUT2D eigenvalue weighted by Crippen LogP contribution is -2.54. The van der Waals surface area contributed by atoms with Crippen LogP contribution in [0.25, 0.3) is 16.8 Å². The molecule has 0 spiro atoms. The van der Waals surface area contributed by atoms with Crippen molar-refractivity contribution in [1.82, 2.24) is 5.32 Å². The fourth-order valence-electron chi connectivity index (χ4n) is 4.45. The largest absolute Gasteiger partial charge is 0.490 e. The summed E-state index contributed by atoms with van der Waals surface area (Å²) < 4.78 is 12.7. The summed E-state index contributed by atoms with van der Waals surface area (Å²) in [5.74, 6) is -0.869. The van der Waals surface area contributed by atoms with Gasteiger partial charge in [-0.3, -0.25) is 25.0 Å². The van der Waals surface area contributed by atoms with E-state index in [0.29, 0.717) is 38.7 Å². The normalized spacial score (nSPS) is 14.3. The van der Waals surface area contributed by atoms with Crippen molar-refractivity contribution in [2.24, 2.45) is 0 Å². The van der Waals surface area contributed by atoms with Crippen molar-refractivity contribution in [2.75, 3.05) is 11.5 Å². The van der Waals surface area contributed by atoms with Crippen molar-refractivity contribution < 1.29 is 28.8 Å². The number of anilines is 1. The summed E-state index contributed by atoms with van der Waals surface area (Å²) in [6.45, 7) is 2.46. The van der Waals surface area contributed by atoms with Gasteiger partial charge >= 0.3 is 6.03 Å². The zero-order valence-electron chi connectivity index (χ0n) is 21.6. The zero-order valence-corrected chi connectivity index (χ0v) is 23.8. The van der Waals surface area contributed by atoms with Crippen LogP contribution in [0.15, 0.2) is 84.4 Å². The number of urea groups is 1. The molecule has 0 radical (unpaired) electrons.